The van der Waals surface area contributed by atoms with Crippen LogP contribution >= 0.6 is 0 Å². The van der Waals surface area contributed by atoms with Crippen LogP contribution in [0.15, 0.2) is 122 Å². The van der Waals surface area contributed by atoms with Gasteiger partial charge in [0.15, 0.2) is 0 Å². The number of hydrogen-bond donors (Lipinski definition) is 0. The van der Waals surface area contributed by atoms with Crippen LogP contribution in [0.4, 0.5) is 0 Å². The Labute approximate surface area is 205 Å². The molecule has 3 aromatic heterocycles. The molecule has 0 spiro atoms. The smallest absolute Gasteiger partial charge is 0.345 e. The first-order valence-corrected chi connectivity index (χ1v) is 11.5. The number of fused-ring (bicyclic) bond motifs is 2. The maximum atomic E-state index is 12.9. The number of hydrogen-bond acceptors (Lipinski definition) is 5. The monoisotopic (exact) mass is 469 g/mol. The number of aromatic nitrogens is 1. The first-order chi connectivity index (χ1) is 17.6. The molecular weight excluding hydrogens is 450 g/mol. The standard InChI is InChI=1S/C31H19NO4/c33-30-24(18-22-10-4-6-12-28(22)35-30)26-16-21(15-14-20-8-2-1-3-9-20)17-27(32-26)25-19-23-11-5-7-13-29(23)36-31(25)34/h1-19H/b15-14+. The lowest BCUT2D eigenvalue weighted by atomic mass is 10.0. The van der Waals surface area contributed by atoms with Crippen LogP contribution in [0.5, 0.6) is 0 Å². The zero-order valence-corrected chi connectivity index (χ0v) is 19.0. The molecule has 0 aliphatic heterocycles. The number of pyridine rings is 1. The van der Waals surface area contributed by atoms with Gasteiger partial charge in [-0.2, -0.15) is 0 Å². The van der Waals surface area contributed by atoms with E-state index in [-0.39, 0.29) is 0 Å². The molecule has 0 fully saturated rings. The number of nitrogens with zero attached hydrogens (tertiary/aromatic N) is 1. The van der Waals surface area contributed by atoms with Crippen LogP contribution in [0.1, 0.15) is 11.1 Å². The Morgan fingerprint density at radius 2 is 1.00 bits per heavy atom. The molecule has 172 valence electrons. The highest BCUT2D eigenvalue weighted by Gasteiger charge is 2.15. The Bertz CT molecular complexity index is 1770. The maximum absolute atomic E-state index is 12.9. The summed E-state index contributed by atoms with van der Waals surface area (Å²) in [4.78, 5) is 30.5. The van der Waals surface area contributed by atoms with Gasteiger partial charge in [0, 0.05) is 10.8 Å². The molecule has 0 amide bonds. The van der Waals surface area contributed by atoms with E-state index in [9.17, 15) is 9.59 Å². The van der Waals surface area contributed by atoms with E-state index >= 15 is 0 Å². The summed E-state index contributed by atoms with van der Waals surface area (Å²) in [5.74, 6) is 0. The summed E-state index contributed by atoms with van der Waals surface area (Å²) in [6.45, 7) is 0. The lowest BCUT2D eigenvalue weighted by Crippen LogP contribution is -2.07. The molecule has 6 rings (SSSR count). The summed E-state index contributed by atoms with van der Waals surface area (Å²) in [6.07, 6.45) is 3.89. The van der Waals surface area contributed by atoms with E-state index < -0.39 is 11.3 Å². The second-order valence-corrected chi connectivity index (χ2v) is 8.39. The van der Waals surface area contributed by atoms with Crippen molar-refractivity contribution in [2.45, 2.75) is 0 Å². The zero-order chi connectivity index (χ0) is 24.5. The fraction of sp³-hybridized carbons (Fsp3) is 0. The zero-order valence-electron chi connectivity index (χ0n) is 19.0. The molecule has 0 unspecified atom stereocenters. The predicted molar refractivity (Wildman–Crippen MR) is 143 cm³/mol. The van der Waals surface area contributed by atoms with E-state index in [2.05, 4.69) is 0 Å². The number of rotatable bonds is 4. The topological polar surface area (TPSA) is 73.3 Å². The van der Waals surface area contributed by atoms with E-state index in [0.29, 0.717) is 33.7 Å². The third-order valence-corrected chi connectivity index (χ3v) is 5.95. The van der Waals surface area contributed by atoms with Crippen molar-refractivity contribution in [3.63, 3.8) is 0 Å². The Morgan fingerprint density at radius 3 is 1.56 bits per heavy atom. The minimum Gasteiger partial charge on any atom is -0.422 e. The normalized spacial score (nSPS) is 11.4. The van der Waals surface area contributed by atoms with Crippen LogP contribution < -0.4 is 11.3 Å². The van der Waals surface area contributed by atoms with Gasteiger partial charge in [0.05, 0.1) is 22.5 Å². The summed E-state index contributed by atoms with van der Waals surface area (Å²) >= 11 is 0. The lowest BCUT2D eigenvalue weighted by molar-refractivity contribution is 0.563. The molecule has 6 aromatic rings. The van der Waals surface area contributed by atoms with E-state index in [1.165, 1.54) is 0 Å². The van der Waals surface area contributed by atoms with Crippen molar-refractivity contribution < 1.29 is 8.83 Å². The molecule has 0 aliphatic carbocycles. The molecule has 5 heteroatoms. The van der Waals surface area contributed by atoms with Crippen LogP contribution in [0.3, 0.4) is 0 Å². The van der Waals surface area contributed by atoms with E-state index in [1.807, 2.05) is 91.0 Å². The van der Waals surface area contributed by atoms with Crippen molar-refractivity contribution in [3.8, 4) is 22.5 Å². The van der Waals surface area contributed by atoms with Crippen LogP contribution in [-0.4, -0.2) is 4.98 Å². The average molecular weight is 469 g/mol. The molecule has 0 aliphatic rings. The molecule has 0 saturated heterocycles. The third-order valence-electron chi connectivity index (χ3n) is 5.95. The molecular formula is C31H19NO4. The fourth-order valence-electron chi connectivity index (χ4n) is 4.16. The van der Waals surface area contributed by atoms with Gasteiger partial charge in [-0.25, -0.2) is 14.6 Å². The first kappa shape index (κ1) is 21.5. The molecule has 3 aromatic carbocycles. The highest BCUT2D eigenvalue weighted by Crippen LogP contribution is 2.26. The van der Waals surface area contributed by atoms with Crippen LogP contribution in [0, 0.1) is 0 Å². The van der Waals surface area contributed by atoms with Crippen LogP contribution in [0.2, 0.25) is 0 Å². The highest BCUT2D eigenvalue weighted by atomic mass is 16.4. The first-order valence-electron chi connectivity index (χ1n) is 11.5. The highest BCUT2D eigenvalue weighted by molar-refractivity contribution is 5.84. The number of benzene rings is 3. The molecule has 0 atom stereocenters. The molecule has 0 bridgehead atoms. The molecule has 0 N–H and O–H groups in total. The fourth-order valence-corrected chi connectivity index (χ4v) is 4.16. The molecule has 0 saturated carbocycles. The Balaban J connectivity index is 1.57. The van der Waals surface area contributed by atoms with E-state index in [0.717, 1.165) is 21.9 Å². The molecule has 36 heavy (non-hydrogen) atoms. The van der Waals surface area contributed by atoms with Gasteiger partial charge in [-0.3, -0.25) is 0 Å². The quantitative estimate of drug-likeness (QED) is 0.266. The lowest BCUT2D eigenvalue weighted by Gasteiger charge is -2.08. The molecule has 3 heterocycles. The van der Waals surface area contributed by atoms with Crippen molar-refractivity contribution in [2.24, 2.45) is 0 Å². The molecule has 0 radical (unpaired) electrons. The van der Waals surface area contributed by atoms with Crippen molar-refractivity contribution >= 4 is 34.1 Å². The van der Waals surface area contributed by atoms with Crippen molar-refractivity contribution in [3.05, 3.63) is 135 Å². The Hall–Kier alpha value is -5.03. The Morgan fingerprint density at radius 1 is 0.528 bits per heavy atom. The van der Waals surface area contributed by atoms with Gasteiger partial charge in [0.25, 0.3) is 0 Å². The average Bonchev–Trinajstić information content (AvgIpc) is 2.91. The maximum Gasteiger partial charge on any atom is 0.345 e. The van der Waals surface area contributed by atoms with Crippen molar-refractivity contribution in [2.75, 3.05) is 0 Å². The summed E-state index contributed by atoms with van der Waals surface area (Å²) in [6, 6.07) is 31.7. The van der Waals surface area contributed by atoms with Crippen molar-refractivity contribution in [1.29, 1.82) is 0 Å². The Kier molecular flexibility index (Phi) is 5.35. The second kappa shape index (κ2) is 8.96. The van der Waals surface area contributed by atoms with Gasteiger partial charge < -0.3 is 8.83 Å². The van der Waals surface area contributed by atoms with Crippen LogP contribution in [-0.2, 0) is 0 Å². The predicted octanol–water partition coefficient (Wildman–Crippen LogP) is 6.80. The summed E-state index contributed by atoms with van der Waals surface area (Å²) in [5.41, 5.74) is 3.25. The van der Waals surface area contributed by atoms with Gasteiger partial charge >= 0.3 is 11.3 Å². The minimum atomic E-state index is -0.498. The van der Waals surface area contributed by atoms with E-state index in [4.69, 9.17) is 13.8 Å². The van der Waals surface area contributed by atoms with Gasteiger partial charge in [0.1, 0.15) is 11.2 Å². The van der Waals surface area contributed by atoms with Gasteiger partial charge in [-0.05, 0) is 47.5 Å². The van der Waals surface area contributed by atoms with Gasteiger partial charge in [-0.1, -0.05) is 78.9 Å². The largest absolute Gasteiger partial charge is 0.422 e. The van der Waals surface area contributed by atoms with Crippen LogP contribution in [0.25, 0.3) is 56.6 Å². The summed E-state index contributed by atoms with van der Waals surface area (Å²) in [5, 5.41) is 1.57. The number of para-hydroxylation sites is 2. The van der Waals surface area contributed by atoms with E-state index in [1.54, 1.807) is 24.3 Å². The summed E-state index contributed by atoms with van der Waals surface area (Å²) in [7, 11) is 0. The van der Waals surface area contributed by atoms with Gasteiger partial charge in [-0.15, -0.1) is 0 Å². The van der Waals surface area contributed by atoms with Crippen molar-refractivity contribution in [1.82, 2.24) is 4.98 Å². The summed E-state index contributed by atoms with van der Waals surface area (Å²) < 4.78 is 11.1. The third kappa shape index (κ3) is 4.14. The van der Waals surface area contributed by atoms with Gasteiger partial charge in [0.2, 0.25) is 0 Å². The minimum absolute atomic E-state index is 0.315. The SMILES string of the molecule is O=c1oc2ccccc2cc1-c1cc(/C=C/c2ccccc2)cc(-c2cc3ccccc3oc2=O)n1. The second-order valence-electron chi connectivity index (χ2n) is 8.39. The molecule has 5 nitrogen and oxygen atoms in total.